The van der Waals surface area contributed by atoms with Gasteiger partial charge in [0.15, 0.2) is 0 Å². The summed E-state index contributed by atoms with van der Waals surface area (Å²) in [6.45, 7) is 8.75. The Morgan fingerprint density at radius 3 is 2.47 bits per heavy atom. The van der Waals surface area contributed by atoms with E-state index in [1.807, 2.05) is 13.8 Å². The van der Waals surface area contributed by atoms with E-state index in [-0.39, 0.29) is 30.2 Å². The highest BCUT2D eigenvalue weighted by Gasteiger charge is 2.33. The van der Waals surface area contributed by atoms with E-state index in [4.69, 9.17) is 23.2 Å². The molecule has 0 unspecified atom stereocenters. The summed E-state index contributed by atoms with van der Waals surface area (Å²) in [6.07, 6.45) is 1.32. The van der Waals surface area contributed by atoms with Crippen LogP contribution in [0.4, 0.5) is 0 Å². The van der Waals surface area contributed by atoms with E-state index >= 15 is 0 Å². The van der Waals surface area contributed by atoms with Crippen LogP contribution in [-0.2, 0) is 20.6 Å². The van der Waals surface area contributed by atoms with E-state index in [9.17, 15) is 13.2 Å². The minimum atomic E-state index is -3.58. The summed E-state index contributed by atoms with van der Waals surface area (Å²) < 4.78 is 27.4. The molecule has 1 heterocycles. The number of aryl methyl sites for hydroxylation is 3. The zero-order chi connectivity index (χ0) is 23.6. The predicted molar refractivity (Wildman–Crippen MR) is 131 cm³/mol. The van der Waals surface area contributed by atoms with Crippen molar-refractivity contribution in [2.75, 3.05) is 13.1 Å². The summed E-state index contributed by atoms with van der Waals surface area (Å²) in [5, 5.41) is 3.81. The van der Waals surface area contributed by atoms with E-state index in [2.05, 4.69) is 31.3 Å². The first kappa shape index (κ1) is 25.0. The number of nitrogens with zero attached hydrogens (tertiary/aromatic N) is 1. The highest BCUT2D eigenvalue weighted by Crippen LogP contribution is 2.27. The summed E-state index contributed by atoms with van der Waals surface area (Å²) >= 11 is 12.0. The van der Waals surface area contributed by atoms with Crippen LogP contribution in [0.5, 0.6) is 0 Å². The maximum absolute atomic E-state index is 13.0. The van der Waals surface area contributed by atoms with E-state index in [0.29, 0.717) is 35.0 Å². The SMILES string of the molecule is Cc1cc(C)c([C@H](C)NC(=O)[C@H]2CCCN(S(=O)(=O)Cc3ccc(Cl)c(Cl)c3)C2)cc1C. The molecule has 1 saturated heterocycles. The number of carbonyl (C=O) groups is 1. The van der Waals surface area contributed by atoms with Gasteiger partial charge in [0.2, 0.25) is 15.9 Å². The van der Waals surface area contributed by atoms with Gasteiger partial charge in [-0.2, -0.15) is 0 Å². The van der Waals surface area contributed by atoms with Crippen molar-refractivity contribution in [3.63, 3.8) is 0 Å². The van der Waals surface area contributed by atoms with E-state index in [1.165, 1.54) is 15.4 Å². The first-order valence-electron chi connectivity index (χ1n) is 10.8. The number of carbonyl (C=O) groups excluding carboxylic acids is 1. The van der Waals surface area contributed by atoms with Gasteiger partial charge in [-0.05, 0) is 80.5 Å². The van der Waals surface area contributed by atoms with Crippen LogP contribution in [0.25, 0.3) is 0 Å². The van der Waals surface area contributed by atoms with Crippen molar-refractivity contribution in [3.8, 4) is 0 Å². The minimum Gasteiger partial charge on any atom is -0.349 e. The fraction of sp³-hybridized carbons (Fsp3) is 0.458. The molecule has 0 aliphatic carbocycles. The first-order valence-corrected chi connectivity index (χ1v) is 13.1. The largest absolute Gasteiger partial charge is 0.349 e. The summed E-state index contributed by atoms with van der Waals surface area (Å²) in [6, 6.07) is 8.93. The Balaban J connectivity index is 1.67. The van der Waals surface area contributed by atoms with Crippen LogP contribution >= 0.6 is 23.2 Å². The van der Waals surface area contributed by atoms with Crippen molar-refractivity contribution in [2.45, 2.75) is 52.3 Å². The van der Waals surface area contributed by atoms with Crippen molar-refractivity contribution in [3.05, 3.63) is 68.2 Å². The molecule has 1 aliphatic heterocycles. The normalized spacial score (nSPS) is 18.4. The number of piperidine rings is 1. The number of hydrogen-bond donors (Lipinski definition) is 1. The van der Waals surface area contributed by atoms with Gasteiger partial charge in [-0.3, -0.25) is 4.79 Å². The number of halogens is 2. The second-order valence-corrected chi connectivity index (χ2v) is 11.5. The molecule has 3 rings (SSSR count). The van der Waals surface area contributed by atoms with Gasteiger partial charge in [0.1, 0.15) is 0 Å². The molecule has 2 atom stereocenters. The smallest absolute Gasteiger partial charge is 0.224 e. The van der Waals surface area contributed by atoms with Crippen molar-refractivity contribution < 1.29 is 13.2 Å². The van der Waals surface area contributed by atoms with Crippen LogP contribution in [0.15, 0.2) is 30.3 Å². The molecule has 5 nitrogen and oxygen atoms in total. The fourth-order valence-electron chi connectivity index (χ4n) is 4.20. The van der Waals surface area contributed by atoms with Gasteiger partial charge in [-0.1, -0.05) is 41.4 Å². The third kappa shape index (κ3) is 5.84. The van der Waals surface area contributed by atoms with E-state index in [0.717, 1.165) is 11.1 Å². The summed E-state index contributed by atoms with van der Waals surface area (Å²) in [7, 11) is -3.58. The van der Waals surface area contributed by atoms with Crippen LogP contribution in [-0.4, -0.2) is 31.7 Å². The lowest BCUT2D eigenvalue weighted by molar-refractivity contribution is -0.126. The Kier molecular flexibility index (Phi) is 7.92. The quantitative estimate of drug-likeness (QED) is 0.586. The Morgan fingerprint density at radius 2 is 1.78 bits per heavy atom. The first-order chi connectivity index (χ1) is 15.0. The topological polar surface area (TPSA) is 66.5 Å². The molecular formula is C24H30Cl2N2O3S. The molecule has 1 N–H and O–H groups in total. The van der Waals surface area contributed by atoms with Gasteiger partial charge < -0.3 is 5.32 Å². The molecular weight excluding hydrogens is 467 g/mol. The lowest BCUT2D eigenvalue weighted by Gasteiger charge is -2.32. The van der Waals surface area contributed by atoms with Crippen LogP contribution in [0.1, 0.15) is 53.6 Å². The van der Waals surface area contributed by atoms with Gasteiger partial charge in [-0.15, -0.1) is 0 Å². The van der Waals surface area contributed by atoms with E-state index in [1.54, 1.807) is 18.2 Å². The second kappa shape index (κ2) is 10.1. The highest BCUT2D eigenvalue weighted by molar-refractivity contribution is 7.88. The van der Waals surface area contributed by atoms with Crippen molar-refractivity contribution >= 4 is 39.1 Å². The number of nitrogens with one attached hydrogen (secondary N) is 1. The minimum absolute atomic E-state index is 0.107. The molecule has 1 fully saturated rings. The molecule has 2 aromatic carbocycles. The Bertz CT molecular complexity index is 1120. The van der Waals surface area contributed by atoms with Crippen LogP contribution in [0, 0.1) is 26.7 Å². The molecule has 0 spiro atoms. The van der Waals surface area contributed by atoms with Gasteiger partial charge in [0, 0.05) is 13.1 Å². The van der Waals surface area contributed by atoms with Gasteiger partial charge in [0.25, 0.3) is 0 Å². The van der Waals surface area contributed by atoms with Gasteiger partial charge in [-0.25, -0.2) is 12.7 Å². The number of amides is 1. The molecule has 1 aliphatic rings. The van der Waals surface area contributed by atoms with Gasteiger partial charge in [0.05, 0.1) is 27.8 Å². The number of rotatable bonds is 6. The Morgan fingerprint density at radius 1 is 1.09 bits per heavy atom. The van der Waals surface area contributed by atoms with Crippen molar-refractivity contribution in [2.24, 2.45) is 5.92 Å². The standard InChI is InChI=1S/C24H30Cl2N2O3S/c1-15-10-17(3)21(11-16(15)2)18(4)27-24(29)20-6-5-9-28(13-20)32(30,31)14-19-7-8-22(25)23(26)12-19/h7-8,10-12,18,20H,5-6,9,13-14H2,1-4H3,(H,27,29)/t18-,20-/m0/s1. The zero-order valence-electron chi connectivity index (χ0n) is 18.9. The maximum atomic E-state index is 13.0. The maximum Gasteiger partial charge on any atom is 0.224 e. The van der Waals surface area contributed by atoms with Crippen molar-refractivity contribution in [1.29, 1.82) is 0 Å². The molecule has 0 bridgehead atoms. The second-order valence-electron chi connectivity index (χ2n) is 8.73. The molecule has 32 heavy (non-hydrogen) atoms. The lowest BCUT2D eigenvalue weighted by Crippen LogP contribution is -2.46. The zero-order valence-corrected chi connectivity index (χ0v) is 21.2. The number of hydrogen-bond acceptors (Lipinski definition) is 3. The summed E-state index contributed by atoms with van der Waals surface area (Å²) in [5.74, 6) is -0.651. The molecule has 174 valence electrons. The fourth-order valence-corrected chi connectivity index (χ4v) is 6.12. The van der Waals surface area contributed by atoms with Crippen LogP contribution in [0.3, 0.4) is 0 Å². The Labute approximate surface area is 201 Å². The molecule has 0 radical (unpaired) electrons. The van der Waals surface area contributed by atoms with Gasteiger partial charge >= 0.3 is 0 Å². The molecule has 8 heteroatoms. The van der Waals surface area contributed by atoms with E-state index < -0.39 is 10.0 Å². The molecule has 2 aromatic rings. The number of benzene rings is 2. The summed E-state index contributed by atoms with van der Waals surface area (Å²) in [4.78, 5) is 13.0. The lowest BCUT2D eigenvalue weighted by atomic mass is 9.95. The molecule has 1 amide bonds. The monoisotopic (exact) mass is 496 g/mol. The molecule has 0 saturated carbocycles. The number of sulfonamides is 1. The highest BCUT2D eigenvalue weighted by atomic mass is 35.5. The molecule has 0 aromatic heterocycles. The predicted octanol–water partition coefficient (Wildman–Crippen LogP) is 5.34. The average Bonchev–Trinajstić information content (AvgIpc) is 2.73. The van der Waals surface area contributed by atoms with Crippen LogP contribution < -0.4 is 5.32 Å². The Hall–Kier alpha value is -1.60. The van der Waals surface area contributed by atoms with Crippen LogP contribution in [0.2, 0.25) is 10.0 Å². The summed E-state index contributed by atoms with van der Waals surface area (Å²) in [5.41, 5.74) is 5.20. The third-order valence-electron chi connectivity index (χ3n) is 6.19. The third-order valence-corrected chi connectivity index (χ3v) is 8.74. The average molecular weight is 497 g/mol. The van der Waals surface area contributed by atoms with Crippen molar-refractivity contribution in [1.82, 2.24) is 9.62 Å².